The largest absolute Gasteiger partial charge is 0.494 e. The minimum absolute atomic E-state index is 0.407. The number of carbonyl (C=O) groups excluding carboxylic acids is 1. The van der Waals surface area contributed by atoms with Crippen molar-refractivity contribution in [3.63, 3.8) is 0 Å². The van der Waals surface area contributed by atoms with Gasteiger partial charge in [0.15, 0.2) is 0 Å². The number of carbonyl (C=O) groups is 1. The number of nitrogens with zero attached hydrogens (tertiary/aromatic N) is 4. The summed E-state index contributed by atoms with van der Waals surface area (Å²) in [5, 5.41) is 11.5. The lowest BCUT2D eigenvalue weighted by Crippen LogP contribution is -2.08. The van der Waals surface area contributed by atoms with E-state index in [0.29, 0.717) is 17.9 Å². The molecule has 0 radical (unpaired) electrons. The SMILES string of the molecule is CCCCCCCCCCOc1ccc(C(=O)Oc2ccc(/C=N/n3cnnc3)cc2)cc1. The number of hydrogen-bond acceptors (Lipinski definition) is 6. The van der Waals surface area contributed by atoms with Crippen molar-refractivity contribution in [2.24, 2.45) is 5.10 Å². The second-order valence-corrected chi connectivity index (χ2v) is 7.89. The highest BCUT2D eigenvalue weighted by Crippen LogP contribution is 2.17. The third kappa shape index (κ3) is 8.88. The van der Waals surface area contributed by atoms with E-state index in [0.717, 1.165) is 17.7 Å². The molecule has 0 N–H and O–H groups in total. The molecule has 0 amide bonds. The van der Waals surface area contributed by atoms with Crippen LogP contribution in [0.1, 0.15) is 74.2 Å². The van der Waals surface area contributed by atoms with E-state index in [4.69, 9.17) is 9.47 Å². The van der Waals surface area contributed by atoms with Gasteiger partial charge in [0.1, 0.15) is 24.2 Å². The number of unbranched alkanes of at least 4 members (excludes halogenated alkanes) is 7. The Morgan fingerprint density at radius 3 is 2.12 bits per heavy atom. The van der Waals surface area contributed by atoms with Gasteiger partial charge in [0.2, 0.25) is 0 Å². The highest BCUT2D eigenvalue weighted by atomic mass is 16.5. The average molecular weight is 449 g/mol. The highest BCUT2D eigenvalue weighted by Gasteiger charge is 2.09. The fourth-order valence-electron chi connectivity index (χ4n) is 3.29. The molecule has 1 heterocycles. The second kappa shape index (κ2) is 13.8. The van der Waals surface area contributed by atoms with E-state index in [2.05, 4.69) is 22.2 Å². The Kier molecular flexibility index (Phi) is 10.1. The van der Waals surface area contributed by atoms with E-state index in [-0.39, 0.29) is 0 Å². The van der Waals surface area contributed by atoms with E-state index in [1.54, 1.807) is 30.5 Å². The first-order valence-electron chi connectivity index (χ1n) is 11.7. The second-order valence-electron chi connectivity index (χ2n) is 7.89. The van der Waals surface area contributed by atoms with E-state index in [9.17, 15) is 4.79 Å². The Labute approximate surface area is 195 Å². The van der Waals surface area contributed by atoms with Gasteiger partial charge >= 0.3 is 5.97 Å². The normalized spacial score (nSPS) is 11.1. The Morgan fingerprint density at radius 2 is 1.45 bits per heavy atom. The van der Waals surface area contributed by atoms with Crippen LogP contribution in [-0.4, -0.2) is 33.7 Å². The van der Waals surface area contributed by atoms with Crippen LogP contribution in [0.4, 0.5) is 0 Å². The zero-order valence-corrected chi connectivity index (χ0v) is 19.2. The van der Waals surface area contributed by atoms with Crippen LogP contribution in [0.3, 0.4) is 0 Å². The van der Waals surface area contributed by atoms with Gasteiger partial charge < -0.3 is 9.47 Å². The van der Waals surface area contributed by atoms with Crippen molar-refractivity contribution in [2.45, 2.75) is 58.3 Å². The number of benzene rings is 2. The molecular weight excluding hydrogens is 416 g/mol. The number of ether oxygens (including phenoxy) is 2. The maximum Gasteiger partial charge on any atom is 0.343 e. The topological polar surface area (TPSA) is 78.6 Å². The molecule has 0 bridgehead atoms. The van der Waals surface area contributed by atoms with Crippen molar-refractivity contribution in [3.05, 3.63) is 72.3 Å². The molecule has 0 unspecified atom stereocenters. The van der Waals surface area contributed by atoms with Gasteiger partial charge in [-0.05, 0) is 60.5 Å². The molecular formula is C26H32N4O3. The van der Waals surface area contributed by atoms with E-state index in [1.165, 1.54) is 62.3 Å². The summed E-state index contributed by atoms with van der Waals surface area (Å²) in [4.78, 5) is 12.4. The molecule has 174 valence electrons. The molecule has 0 fully saturated rings. The molecule has 0 aliphatic heterocycles. The van der Waals surface area contributed by atoms with Crippen LogP contribution in [0.25, 0.3) is 0 Å². The first kappa shape index (κ1) is 24.2. The van der Waals surface area contributed by atoms with Gasteiger partial charge in [-0.2, -0.15) is 5.10 Å². The van der Waals surface area contributed by atoms with Crippen molar-refractivity contribution in [1.82, 2.24) is 14.9 Å². The van der Waals surface area contributed by atoms with Crippen LogP contribution >= 0.6 is 0 Å². The first-order chi connectivity index (χ1) is 16.2. The molecule has 33 heavy (non-hydrogen) atoms. The molecule has 7 heteroatoms. The van der Waals surface area contributed by atoms with E-state index < -0.39 is 5.97 Å². The highest BCUT2D eigenvalue weighted by molar-refractivity contribution is 5.91. The van der Waals surface area contributed by atoms with Crippen LogP contribution in [0.2, 0.25) is 0 Å². The molecule has 0 atom stereocenters. The third-order valence-corrected chi connectivity index (χ3v) is 5.19. The maximum absolute atomic E-state index is 12.4. The summed E-state index contributed by atoms with van der Waals surface area (Å²) in [6, 6.07) is 14.2. The van der Waals surface area contributed by atoms with E-state index >= 15 is 0 Å². The lowest BCUT2D eigenvalue weighted by atomic mass is 10.1. The number of hydrogen-bond donors (Lipinski definition) is 0. The first-order valence-corrected chi connectivity index (χ1v) is 11.7. The van der Waals surface area contributed by atoms with Crippen molar-refractivity contribution >= 4 is 12.2 Å². The Bertz CT molecular complexity index is 968. The summed E-state index contributed by atoms with van der Waals surface area (Å²) >= 11 is 0. The minimum Gasteiger partial charge on any atom is -0.494 e. The Balaban J connectivity index is 1.36. The fraction of sp³-hybridized carbons (Fsp3) is 0.385. The van der Waals surface area contributed by atoms with Gasteiger partial charge in [-0.3, -0.25) is 0 Å². The smallest absolute Gasteiger partial charge is 0.343 e. The van der Waals surface area contributed by atoms with Gasteiger partial charge in [-0.25, -0.2) is 9.47 Å². The average Bonchev–Trinajstić information content (AvgIpc) is 3.37. The van der Waals surface area contributed by atoms with Crippen LogP contribution in [0.15, 0.2) is 66.3 Å². The monoisotopic (exact) mass is 448 g/mol. The van der Waals surface area contributed by atoms with Crippen LogP contribution < -0.4 is 9.47 Å². The van der Waals surface area contributed by atoms with Crippen molar-refractivity contribution in [3.8, 4) is 11.5 Å². The number of esters is 1. The molecule has 0 spiro atoms. The van der Waals surface area contributed by atoms with Gasteiger partial charge in [0.25, 0.3) is 0 Å². The summed E-state index contributed by atoms with van der Waals surface area (Å²) in [5.74, 6) is 0.832. The molecule has 0 saturated carbocycles. The minimum atomic E-state index is -0.407. The lowest BCUT2D eigenvalue weighted by Gasteiger charge is -2.08. The quantitative estimate of drug-likeness (QED) is 0.133. The Morgan fingerprint density at radius 1 is 0.848 bits per heavy atom. The number of rotatable bonds is 14. The van der Waals surface area contributed by atoms with Crippen molar-refractivity contribution in [2.75, 3.05) is 6.61 Å². The molecule has 3 aromatic rings. The molecule has 3 rings (SSSR count). The summed E-state index contributed by atoms with van der Waals surface area (Å²) < 4.78 is 12.7. The summed E-state index contributed by atoms with van der Waals surface area (Å²) in [6.45, 7) is 2.94. The fourth-order valence-corrected chi connectivity index (χ4v) is 3.29. The molecule has 7 nitrogen and oxygen atoms in total. The third-order valence-electron chi connectivity index (χ3n) is 5.19. The molecule has 2 aromatic carbocycles. The van der Waals surface area contributed by atoms with Gasteiger partial charge in [0, 0.05) is 0 Å². The van der Waals surface area contributed by atoms with Gasteiger partial charge in [-0.15, -0.1) is 10.2 Å². The molecule has 0 aliphatic carbocycles. The van der Waals surface area contributed by atoms with Crippen LogP contribution in [-0.2, 0) is 0 Å². The standard InChI is InChI=1S/C26H32N4O3/c1-2-3-4-5-6-7-8-9-18-32-24-16-12-23(13-17-24)26(31)33-25-14-10-22(11-15-25)19-29-30-20-27-28-21-30/h10-17,19-21H,2-9,18H2,1H3/b29-19+. The maximum atomic E-state index is 12.4. The molecule has 0 aliphatic rings. The lowest BCUT2D eigenvalue weighted by molar-refractivity contribution is 0.0734. The predicted octanol–water partition coefficient (Wildman–Crippen LogP) is 5.90. The summed E-state index contributed by atoms with van der Waals surface area (Å²) in [5.41, 5.74) is 1.34. The zero-order valence-electron chi connectivity index (χ0n) is 19.2. The van der Waals surface area contributed by atoms with Crippen LogP contribution in [0.5, 0.6) is 11.5 Å². The van der Waals surface area contributed by atoms with Crippen molar-refractivity contribution in [1.29, 1.82) is 0 Å². The summed E-state index contributed by atoms with van der Waals surface area (Å²) in [6.07, 6.45) is 14.8. The van der Waals surface area contributed by atoms with Crippen LogP contribution in [0, 0.1) is 0 Å². The van der Waals surface area contributed by atoms with Crippen molar-refractivity contribution < 1.29 is 14.3 Å². The molecule has 0 saturated heterocycles. The van der Waals surface area contributed by atoms with E-state index in [1.807, 2.05) is 24.3 Å². The molecule has 1 aromatic heterocycles. The predicted molar refractivity (Wildman–Crippen MR) is 129 cm³/mol. The Hall–Kier alpha value is -3.48. The zero-order chi connectivity index (χ0) is 23.1. The van der Waals surface area contributed by atoms with Gasteiger partial charge in [0.05, 0.1) is 18.4 Å². The summed E-state index contributed by atoms with van der Waals surface area (Å²) in [7, 11) is 0. The number of aromatic nitrogens is 3. The van der Waals surface area contributed by atoms with Gasteiger partial charge in [-0.1, -0.05) is 51.9 Å².